The number of hydrogen-bond acceptors (Lipinski definition) is 4. The van der Waals surface area contributed by atoms with Gasteiger partial charge in [0, 0.05) is 25.4 Å². The minimum Gasteiger partial charge on any atom is -0.493 e. The Morgan fingerprint density at radius 1 is 1.03 bits per heavy atom. The highest BCUT2D eigenvalue weighted by atomic mass is 19.1. The molecule has 4 rings (SSSR count). The number of rotatable bonds is 7. The number of ether oxygens (including phenoxy) is 2. The van der Waals surface area contributed by atoms with E-state index < -0.39 is 0 Å². The standard InChI is InChI=1S/C25H26FN3O3/c26-21-3-1-5-24(15-21)32-17-19-6-8-23(9-7-19)31-18-20-10-13-29(14-11-20)25(30)28-22-4-2-12-27-16-22/h1-9,12,15-16,20H,10-11,13-14,17-18H2,(H,28,30). The number of aromatic nitrogens is 1. The predicted octanol–water partition coefficient (Wildman–Crippen LogP) is 5.12. The third-order valence-corrected chi connectivity index (χ3v) is 5.43. The van der Waals surface area contributed by atoms with Crippen LogP contribution in [0.4, 0.5) is 14.9 Å². The van der Waals surface area contributed by atoms with E-state index in [1.807, 2.05) is 35.2 Å². The molecule has 1 aromatic heterocycles. The summed E-state index contributed by atoms with van der Waals surface area (Å²) in [5.41, 5.74) is 1.68. The van der Waals surface area contributed by atoms with Crippen LogP contribution in [0.15, 0.2) is 73.1 Å². The monoisotopic (exact) mass is 435 g/mol. The summed E-state index contributed by atoms with van der Waals surface area (Å²) in [5.74, 6) is 1.40. The second-order valence-electron chi connectivity index (χ2n) is 7.80. The van der Waals surface area contributed by atoms with Gasteiger partial charge in [-0.2, -0.15) is 0 Å². The summed E-state index contributed by atoms with van der Waals surface area (Å²) in [6, 6.07) is 17.4. The van der Waals surface area contributed by atoms with Crippen molar-refractivity contribution in [2.75, 3.05) is 25.0 Å². The van der Waals surface area contributed by atoms with Gasteiger partial charge >= 0.3 is 6.03 Å². The van der Waals surface area contributed by atoms with Crippen LogP contribution in [0.2, 0.25) is 0 Å². The van der Waals surface area contributed by atoms with Crippen LogP contribution in [0.25, 0.3) is 0 Å². The van der Waals surface area contributed by atoms with Crippen LogP contribution < -0.4 is 14.8 Å². The van der Waals surface area contributed by atoms with Gasteiger partial charge in [-0.05, 0) is 60.7 Å². The molecule has 1 aliphatic heterocycles. The van der Waals surface area contributed by atoms with E-state index in [0.29, 0.717) is 43.7 Å². The molecule has 0 atom stereocenters. The smallest absolute Gasteiger partial charge is 0.321 e. The van der Waals surface area contributed by atoms with Crippen molar-refractivity contribution in [3.8, 4) is 11.5 Å². The summed E-state index contributed by atoms with van der Waals surface area (Å²) in [6.07, 6.45) is 5.12. The molecule has 1 saturated heterocycles. The fourth-order valence-corrected chi connectivity index (χ4v) is 3.56. The second-order valence-corrected chi connectivity index (χ2v) is 7.80. The normalized spacial score (nSPS) is 14.1. The molecule has 0 aliphatic carbocycles. The number of carbonyl (C=O) groups excluding carboxylic acids is 1. The molecule has 1 aliphatic rings. The van der Waals surface area contributed by atoms with Crippen LogP contribution in [0.3, 0.4) is 0 Å². The molecule has 0 bridgehead atoms. The van der Waals surface area contributed by atoms with Crippen LogP contribution in [0.1, 0.15) is 18.4 Å². The number of urea groups is 1. The fourth-order valence-electron chi connectivity index (χ4n) is 3.56. The van der Waals surface area contributed by atoms with Crippen molar-refractivity contribution in [2.45, 2.75) is 19.4 Å². The molecule has 0 unspecified atom stereocenters. The Morgan fingerprint density at radius 2 is 1.84 bits per heavy atom. The third kappa shape index (κ3) is 6.20. The molecule has 32 heavy (non-hydrogen) atoms. The molecule has 1 fully saturated rings. The molecule has 3 aromatic rings. The van der Waals surface area contributed by atoms with Gasteiger partial charge < -0.3 is 19.7 Å². The third-order valence-electron chi connectivity index (χ3n) is 5.43. The molecule has 166 valence electrons. The lowest BCUT2D eigenvalue weighted by Gasteiger charge is -2.31. The fraction of sp³-hybridized carbons (Fsp3) is 0.280. The summed E-state index contributed by atoms with van der Waals surface area (Å²) in [5, 5.41) is 2.88. The lowest BCUT2D eigenvalue weighted by Crippen LogP contribution is -2.42. The van der Waals surface area contributed by atoms with Gasteiger partial charge in [0.2, 0.25) is 0 Å². The summed E-state index contributed by atoms with van der Waals surface area (Å²) < 4.78 is 24.8. The van der Waals surface area contributed by atoms with Gasteiger partial charge in [-0.15, -0.1) is 0 Å². The molecule has 1 N–H and O–H groups in total. The molecular weight excluding hydrogens is 409 g/mol. The summed E-state index contributed by atoms with van der Waals surface area (Å²) >= 11 is 0. The van der Waals surface area contributed by atoms with E-state index in [2.05, 4.69) is 10.3 Å². The van der Waals surface area contributed by atoms with Crippen molar-refractivity contribution >= 4 is 11.7 Å². The van der Waals surface area contributed by atoms with E-state index in [1.54, 1.807) is 30.6 Å². The zero-order valence-corrected chi connectivity index (χ0v) is 17.7. The lowest BCUT2D eigenvalue weighted by atomic mass is 9.98. The van der Waals surface area contributed by atoms with Crippen LogP contribution >= 0.6 is 0 Å². The quantitative estimate of drug-likeness (QED) is 0.559. The number of anilines is 1. The Labute approximate surface area is 187 Å². The van der Waals surface area contributed by atoms with E-state index in [0.717, 1.165) is 24.2 Å². The minimum atomic E-state index is -0.314. The van der Waals surface area contributed by atoms with Gasteiger partial charge in [0.15, 0.2) is 0 Å². The van der Waals surface area contributed by atoms with Gasteiger partial charge in [0.1, 0.15) is 23.9 Å². The Bertz CT molecular complexity index is 1010. The number of carbonyl (C=O) groups is 1. The summed E-state index contributed by atoms with van der Waals surface area (Å²) in [4.78, 5) is 18.2. The number of pyridine rings is 1. The van der Waals surface area contributed by atoms with Crippen molar-refractivity contribution in [3.05, 3.63) is 84.4 Å². The second kappa shape index (κ2) is 10.6. The number of halogens is 1. The van der Waals surface area contributed by atoms with Crippen molar-refractivity contribution in [1.82, 2.24) is 9.88 Å². The van der Waals surface area contributed by atoms with E-state index in [-0.39, 0.29) is 11.8 Å². The van der Waals surface area contributed by atoms with Crippen LogP contribution in [0, 0.1) is 11.7 Å². The Kier molecular flexibility index (Phi) is 7.17. The topological polar surface area (TPSA) is 63.7 Å². The number of amides is 2. The molecule has 0 radical (unpaired) electrons. The SMILES string of the molecule is O=C(Nc1cccnc1)N1CCC(COc2ccc(COc3cccc(F)c3)cc2)CC1. The Hall–Kier alpha value is -3.61. The zero-order valence-electron chi connectivity index (χ0n) is 17.7. The first kappa shape index (κ1) is 21.6. The minimum absolute atomic E-state index is 0.0894. The summed E-state index contributed by atoms with van der Waals surface area (Å²) in [7, 11) is 0. The number of hydrogen-bond donors (Lipinski definition) is 1. The van der Waals surface area contributed by atoms with Gasteiger partial charge in [-0.25, -0.2) is 9.18 Å². The van der Waals surface area contributed by atoms with Crippen molar-refractivity contribution in [1.29, 1.82) is 0 Å². The molecule has 2 amide bonds. The average Bonchev–Trinajstić information content (AvgIpc) is 2.83. The predicted molar refractivity (Wildman–Crippen MR) is 120 cm³/mol. The maximum absolute atomic E-state index is 13.2. The number of nitrogens with one attached hydrogen (secondary N) is 1. The maximum Gasteiger partial charge on any atom is 0.321 e. The lowest BCUT2D eigenvalue weighted by molar-refractivity contribution is 0.152. The number of nitrogens with zero attached hydrogens (tertiary/aromatic N) is 2. The van der Waals surface area contributed by atoms with Crippen molar-refractivity contribution in [2.24, 2.45) is 5.92 Å². The first-order chi connectivity index (χ1) is 15.7. The average molecular weight is 435 g/mol. The molecule has 7 heteroatoms. The molecule has 0 saturated carbocycles. The number of piperidine rings is 1. The molecule has 2 heterocycles. The highest BCUT2D eigenvalue weighted by Gasteiger charge is 2.23. The summed E-state index contributed by atoms with van der Waals surface area (Å²) in [6.45, 7) is 2.40. The highest BCUT2D eigenvalue weighted by molar-refractivity contribution is 5.89. The Balaban J connectivity index is 1.17. The van der Waals surface area contributed by atoms with Gasteiger partial charge in [0.05, 0.1) is 18.5 Å². The van der Waals surface area contributed by atoms with E-state index >= 15 is 0 Å². The van der Waals surface area contributed by atoms with Crippen molar-refractivity contribution < 1.29 is 18.7 Å². The highest BCUT2D eigenvalue weighted by Crippen LogP contribution is 2.21. The number of likely N-dealkylation sites (tertiary alicyclic amines) is 1. The van der Waals surface area contributed by atoms with Crippen molar-refractivity contribution in [3.63, 3.8) is 0 Å². The largest absolute Gasteiger partial charge is 0.493 e. The molecule has 0 spiro atoms. The van der Waals surface area contributed by atoms with Gasteiger partial charge in [-0.3, -0.25) is 4.98 Å². The van der Waals surface area contributed by atoms with Gasteiger partial charge in [-0.1, -0.05) is 18.2 Å². The zero-order chi connectivity index (χ0) is 22.2. The maximum atomic E-state index is 13.2. The van der Waals surface area contributed by atoms with Crippen LogP contribution in [-0.2, 0) is 6.61 Å². The first-order valence-electron chi connectivity index (χ1n) is 10.7. The van der Waals surface area contributed by atoms with E-state index in [4.69, 9.17) is 9.47 Å². The molecule has 2 aromatic carbocycles. The number of benzene rings is 2. The van der Waals surface area contributed by atoms with E-state index in [9.17, 15) is 9.18 Å². The Morgan fingerprint density at radius 3 is 2.56 bits per heavy atom. The first-order valence-corrected chi connectivity index (χ1v) is 10.7. The molecular formula is C25H26FN3O3. The van der Waals surface area contributed by atoms with E-state index in [1.165, 1.54) is 12.1 Å². The van der Waals surface area contributed by atoms with Crippen LogP contribution in [0.5, 0.6) is 11.5 Å². The van der Waals surface area contributed by atoms with Gasteiger partial charge in [0.25, 0.3) is 0 Å². The molecule has 6 nitrogen and oxygen atoms in total. The van der Waals surface area contributed by atoms with Crippen LogP contribution in [-0.4, -0.2) is 35.6 Å².